The Morgan fingerprint density at radius 3 is 2.28 bits per heavy atom. The van der Waals surface area contributed by atoms with Gasteiger partial charge in [-0.15, -0.1) is 0 Å². The minimum atomic E-state index is -0.572. The first-order chi connectivity index (χ1) is 11.8. The Hall–Kier alpha value is -2.82. The van der Waals surface area contributed by atoms with Crippen LogP contribution in [0.25, 0.3) is 0 Å². The second kappa shape index (κ2) is 8.33. The van der Waals surface area contributed by atoms with Crippen LogP contribution in [0, 0.1) is 0 Å². The number of amides is 1. The van der Waals surface area contributed by atoms with Crippen molar-refractivity contribution in [2.45, 2.75) is 32.9 Å². The van der Waals surface area contributed by atoms with Gasteiger partial charge in [0.15, 0.2) is 0 Å². The lowest BCUT2D eigenvalue weighted by Crippen LogP contribution is -2.30. The van der Waals surface area contributed by atoms with Crippen molar-refractivity contribution in [1.82, 2.24) is 5.32 Å². The summed E-state index contributed by atoms with van der Waals surface area (Å²) in [5.41, 5.74) is 1.45. The molecular formula is C20H24N2O3. The molecule has 0 heterocycles. The molecule has 2 aromatic carbocycles. The van der Waals surface area contributed by atoms with Crippen LogP contribution in [-0.4, -0.2) is 24.0 Å². The Bertz CT molecular complexity index is 721. The van der Waals surface area contributed by atoms with Crippen LogP contribution in [0.1, 0.15) is 36.7 Å². The SMILES string of the molecule is CC(C)(C)OC(=O)c1ccccc1NCC(=O)NCc1ccccc1. The van der Waals surface area contributed by atoms with E-state index < -0.39 is 11.6 Å². The lowest BCUT2D eigenvalue weighted by molar-refractivity contribution is -0.119. The van der Waals surface area contributed by atoms with Crippen LogP contribution in [0.4, 0.5) is 5.69 Å². The lowest BCUT2D eigenvalue weighted by atomic mass is 10.1. The molecule has 5 nitrogen and oxygen atoms in total. The van der Waals surface area contributed by atoms with Gasteiger partial charge < -0.3 is 15.4 Å². The van der Waals surface area contributed by atoms with E-state index in [4.69, 9.17) is 4.74 Å². The van der Waals surface area contributed by atoms with Crippen LogP contribution < -0.4 is 10.6 Å². The molecule has 0 aliphatic rings. The summed E-state index contributed by atoms with van der Waals surface area (Å²) in [6, 6.07) is 16.7. The number of esters is 1. The summed E-state index contributed by atoms with van der Waals surface area (Å²) in [5.74, 6) is -0.567. The summed E-state index contributed by atoms with van der Waals surface area (Å²) >= 11 is 0. The van der Waals surface area contributed by atoms with Crippen molar-refractivity contribution in [3.63, 3.8) is 0 Å². The van der Waals surface area contributed by atoms with Crippen molar-refractivity contribution < 1.29 is 14.3 Å². The summed E-state index contributed by atoms with van der Waals surface area (Å²) in [4.78, 5) is 24.3. The van der Waals surface area contributed by atoms with Crippen molar-refractivity contribution in [3.8, 4) is 0 Å². The minimum absolute atomic E-state index is 0.0760. The molecule has 0 unspecified atom stereocenters. The molecule has 0 atom stereocenters. The molecule has 0 saturated carbocycles. The van der Waals surface area contributed by atoms with Crippen molar-refractivity contribution in [2.24, 2.45) is 0 Å². The maximum absolute atomic E-state index is 12.3. The number of carbonyl (C=O) groups excluding carboxylic acids is 2. The van der Waals surface area contributed by atoms with Crippen LogP contribution in [0.3, 0.4) is 0 Å². The van der Waals surface area contributed by atoms with Gasteiger partial charge in [0.25, 0.3) is 0 Å². The fourth-order valence-corrected chi connectivity index (χ4v) is 2.18. The molecule has 25 heavy (non-hydrogen) atoms. The van der Waals surface area contributed by atoms with E-state index in [1.807, 2.05) is 51.1 Å². The number of benzene rings is 2. The van der Waals surface area contributed by atoms with E-state index in [2.05, 4.69) is 10.6 Å². The molecule has 1 amide bonds. The fourth-order valence-electron chi connectivity index (χ4n) is 2.18. The van der Waals surface area contributed by atoms with Crippen molar-refractivity contribution in [3.05, 3.63) is 65.7 Å². The predicted molar refractivity (Wildman–Crippen MR) is 98.4 cm³/mol. The van der Waals surface area contributed by atoms with Gasteiger partial charge in [0.2, 0.25) is 5.91 Å². The minimum Gasteiger partial charge on any atom is -0.456 e. The Kier molecular flexibility index (Phi) is 6.17. The number of carbonyl (C=O) groups is 2. The van der Waals surface area contributed by atoms with Gasteiger partial charge in [-0.25, -0.2) is 4.79 Å². The molecule has 0 aliphatic heterocycles. The van der Waals surface area contributed by atoms with E-state index in [9.17, 15) is 9.59 Å². The Labute approximate surface area is 148 Å². The van der Waals surface area contributed by atoms with Crippen LogP contribution in [0.2, 0.25) is 0 Å². The number of para-hydroxylation sites is 1. The summed E-state index contributed by atoms with van der Waals surface area (Å²) in [7, 11) is 0. The molecule has 5 heteroatoms. The highest BCUT2D eigenvalue weighted by atomic mass is 16.6. The van der Waals surface area contributed by atoms with E-state index in [0.717, 1.165) is 5.56 Å². The molecule has 0 radical (unpaired) electrons. The quantitative estimate of drug-likeness (QED) is 0.791. The van der Waals surface area contributed by atoms with Crippen LogP contribution >= 0.6 is 0 Å². The van der Waals surface area contributed by atoms with Gasteiger partial charge in [-0.2, -0.15) is 0 Å². The molecule has 0 bridgehead atoms. The highest BCUT2D eigenvalue weighted by molar-refractivity contribution is 5.96. The van der Waals surface area contributed by atoms with Gasteiger partial charge in [0, 0.05) is 12.2 Å². The average molecular weight is 340 g/mol. The third-order valence-corrected chi connectivity index (χ3v) is 3.32. The summed E-state index contributed by atoms with van der Waals surface area (Å²) in [6.07, 6.45) is 0. The number of hydrogen-bond donors (Lipinski definition) is 2. The van der Waals surface area contributed by atoms with Gasteiger partial charge in [0.1, 0.15) is 5.60 Å². The van der Waals surface area contributed by atoms with Gasteiger partial charge in [-0.3, -0.25) is 4.79 Å². The smallest absolute Gasteiger partial charge is 0.340 e. The summed E-state index contributed by atoms with van der Waals surface area (Å²) in [5, 5.41) is 5.84. The Morgan fingerprint density at radius 1 is 0.960 bits per heavy atom. The third kappa shape index (κ3) is 6.30. The first-order valence-electron chi connectivity index (χ1n) is 8.22. The van der Waals surface area contributed by atoms with Crippen LogP contribution in [0.5, 0.6) is 0 Å². The fraction of sp³-hybridized carbons (Fsp3) is 0.300. The lowest BCUT2D eigenvalue weighted by Gasteiger charge is -2.20. The molecule has 0 saturated heterocycles. The van der Waals surface area contributed by atoms with E-state index in [-0.39, 0.29) is 12.5 Å². The molecule has 2 rings (SSSR count). The highest BCUT2D eigenvalue weighted by Gasteiger charge is 2.20. The first kappa shape index (κ1) is 18.5. The second-order valence-electron chi connectivity index (χ2n) is 6.66. The summed E-state index contributed by atoms with van der Waals surface area (Å²) < 4.78 is 5.40. The average Bonchev–Trinajstić information content (AvgIpc) is 2.58. The maximum Gasteiger partial charge on any atom is 0.340 e. The Morgan fingerprint density at radius 2 is 1.60 bits per heavy atom. The van der Waals surface area contributed by atoms with Crippen molar-refractivity contribution in [1.29, 1.82) is 0 Å². The van der Waals surface area contributed by atoms with Crippen molar-refractivity contribution >= 4 is 17.6 Å². The highest BCUT2D eigenvalue weighted by Crippen LogP contribution is 2.19. The number of ether oxygens (including phenoxy) is 1. The zero-order chi connectivity index (χ0) is 18.3. The standard InChI is InChI=1S/C20H24N2O3/c1-20(2,3)25-19(24)16-11-7-8-12-17(16)21-14-18(23)22-13-15-9-5-4-6-10-15/h4-12,21H,13-14H2,1-3H3,(H,22,23). The van der Waals surface area contributed by atoms with E-state index in [1.54, 1.807) is 24.3 Å². The molecule has 2 N–H and O–H groups in total. The molecule has 0 aliphatic carbocycles. The zero-order valence-electron chi connectivity index (χ0n) is 14.8. The molecule has 0 fully saturated rings. The van der Waals surface area contributed by atoms with Crippen LogP contribution in [-0.2, 0) is 16.1 Å². The summed E-state index contributed by atoms with van der Waals surface area (Å²) in [6.45, 7) is 6.00. The number of anilines is 1. The maximum atomic E-state index is 12.3. The van der Waals surface area contributed by atoms with Gasteiger partial charge in [0.05, 0.1) is 12.1 Å². The predicted octanol–water partition coefficient (Wildman–Crippen LogP) is 3.37. The molecular weight excluding hydrogens is 316 g/mol. The van der Waals surface area contributed by atoms with E-state index in [0.29, 0.717) is 17.8 Å². The van der Waals surface area contributed by atoms with Gasteiger partial charge in [-0.1, -0.05) is 42.5 Å². The molecule has 0 spiro atoms. The molecule has 132 valence electrons. The molecule has 0 aromatic heterocycles. The van der Waals surface area contributed by atoms with Crippen LogP contribution in [0.15, 0.2) is 54.6 Å². The zero-order valence-corrected chi connectivity index (χ0v) is 14.8. The number of hydrogen-bond acceptors (Lipinski definition) is 4. The largest absolute Gasteiger partial charge is 0.456 e. The van der Waals surface area contributed by atoms with Gasteiger partial charge >= 0.3 is 5.97 Å². The number of rotatable bonds is 6. The first-order valence-corrected chi connectivity index (χ1v) is 8.22. The second-order valence-corrected chi connectivity index (χ2v) is 6.66. The van der Waals surface area contributed by atoms with E-state index in [1.165, 1.54) is 0 Å². The topological polar surface area (TPSA) is 67.4 Å². The monoisotopic (exact) mass is 340 g/mol. The van der Waals surface area contributed by atoms with Gasteiger partial charge in [-0.05, 0) is 38.5 Å². The molecule has 2 aromatic rings. The normalized spacial score (nSPS) is 10.8. The van der Waals surface area contributed by atoms with E-state index >= 15 is 0 Å². The van der Waals surface area contributed by atoms with Crippen molar-refractivity contribution in [2.75, 3.05) is 11.9 Å². The third-order valence-electron chi connectivity index (χ3n) is 3.32. The Balaban J connectivity index is 1.92. The number of nitrogens with one attached hydrogen (secondary N) is 2.